The Kier molecular flexibility index (Phi) is 3.38. The molecule has 1 aromatic carbocycles. The number of nitrogen functional groups attached to an aromatic ring is 1. The van der Waals surface area contributed by atoms with E-state index in [0.29, 0.717) is 28.6 Å². The van der Waals surface area contributed by atoms with Crippen LogP contribution in [0, 0.1) is 11.8 Å². The lowest BCUT2D eigenvalue weighted by Crippen LogP contribution is -2.17. The van der Waals surface area contributed by atoms with Crippen LogP contribution < -0.4 is 5.73 Å². The summed E-state index contributed by atoms with van der Waals surface area (Å²) in [4.78, 5) is 0. The molecule has 5 nitrogen and oxygen atoms in total. The number of hydrogen-bond donors (Lipinski definition) is 1. The van der Waals surface area contributed by atoms with Crippen molar-refractivity contribution in [2.45, 2.75) is 32.7 Å². The van der Waals surface area contributed by atoms with Gasteiger partial charge in [-0.2, -0.15) is 0 Å². The molecule has 2 N–H and O–H groups in total. The Bertz CT molecular complexity index is 624. The molecule has 1 saturated carbocycles. The van der Waals surface area contributed by atoms with Gasteiger partial charge in [0.15, 0.2) is 5.82 Å². The first-order valence-electron chi connectivity index (χ1n) is 6.91. The van der Waals surface area contributed by atoms with Crippen molar-refractivity contribution in [2.24, 2.45) is 11.8 Å². The Balaban J connectivity index is 2.02. The van der Waals surface area contributed by atoms with Gasteiger partial charge >= 0.3 is 0 Å². The molecular formula is C14H18ClN5. The fourth-order valence-electron chi connectivity index (χ4n) is 2.99. The van der Waals surface area contributed by atoms with E-state index in [2.05, 4.69) is 29.4 Å². The molecule has 1 aromatic heterocycles. The van der Waals surface area contributed by atoms with Crippen LogP contribution in [-0.2, 0) is 0 Å². The zero-order valence-electron chi connectivity index (χ0n) is 11.6. The number of rotatable bonds is 2. The number of anilines is 1. The second-order valence-corrected chi connectivity index (χ2v) is 6.07. The second kappa shape index (κ2) is 5.05. The fraction of sp³-hybridized carbons (Fsp3) is 0.500. The van der Waals surface area contributed by atoms with Crippen LogP contribution in [0.25, 0.3) is 11.4 Å². The first-order chi connectivity index (χ1) is 9.58. The Morgan fingerprint density at radius 2 is 2.10 bits per heavy atom. The summed E-state index contributed by atoms with van der Waals surface area (Å²) in [6.45, 7) is 4.54. The van der Waals surface area contributed by atoms with Crippen LogP contribution in [0.2, 0.25) is 5.02 Å². The van der Waals surface area contributed by atoms with Crippen molar-refractivity contribution in [3.8, 4) is 11.4 Å². The van der Waals surface area contributed by atoms with Crippen molar-refractivity contribution in [3.05, 3.63) is 23.2 Å². The third-order valence-corrected chi connectivity index (χ3v) is 4.78. The van der Waals surface area contributed by atoms with Crippen LogP contribution in [-0.4, -0.2) is 20.2 Å². The van der Waals surface area contributed by atoms with Crippen molar-refractivity contribution in [1.29, 1.82) is 0 Å². The molecule has 0 aliphatic heterocycles. The molecule has 2 aromatic rings. The van der Waals surface area contributed by atoms with Crippen LogP contribution in [0.15, 0.2) is 18.2 Å². The predicted molar refractivity (Wildman–Crippen MR) is 79.3 cm³/mol. The monoisotopic (exact) mass is 291 g/mol. The summed E-state index contributed by atoms with van der Waals surface area (Å²) in [6, 6.07) is 5.77. The summed E-state index contributed by atoms with van der Waals surface area (Å²) < 4.78 is 1.92. The van der Waals surface area contributed by atoms with E-state index >= 15 is 0 Å². The summed E-state index contributed by atoms with van der Waals surface area (Å²) >= 11 is 6.28. The Morgan fingerprint density at radius 3 is 2.75 bits per heavy atom. The van der Waals surface area contributed by atoms with Crippen molar-refractivity contribution >= 4 is 17.3 Å². The second-order valence-electron chi connectivity index (χ2n) is 5.67. The van der Waals surface area contributed by atoms with E-state index in [0.717, 1.165) is 17.8 Å². The number of nitrogens with zero attached hydrogens (tertiary/aromatic N) is 4. The third-order valence-electron chi connectivity index (χ3n) is 4.46. The van der Waals surface area contributed by atoms with Crippen LogP contribution in [0.4, 0.5) is 5.69 Å². The maximum absolute atomic E-state index is 6.28. The van der Waals surface area contributed by atoms with E-state index in [4.69, 9.17) is 17.3 Å². The topological polar surface area (TPSA) is 69.6 Å². The lowest BCUT2D eigenvalue weighted by atomic mass is 9.98. The lowest BCUT2D eigenvalue weighted by Gasteiger charge is -2.19. The summed E-state index contributed by atoms with van der Waals surface area (Å²) in [5.41, 5.74) is 7.21. The zero-order valence-corrected chi connectivity index (χ0v) is 12.4. The average molecular weight is 292 g/mol. The molecule has 1 heterocycles. The Labute approximate surface area is 123 Å². The van der Waals surface area contributed by atoms with Gasteiger partial charge < -0.3 is 5.73 Å². The Morgan fingerprint density at radius 1 is 1.30 bits per heavy atom. The summed E-state index contributed by atoms with van der Waals surface area (Å²) in [5, 5.41) is 12.8. The number of tetrazole rings is 1. The molecule has 0 bridgehead atoms. The van der Waals surface area contributed by atoms with Gasteiger partial charge in [-0.15, -0.1) is 5.10 Å². The van der Waals surface area contributed by atoms with E-state index < -0.39 is 0 Å². The van der Waals surface area contributed by atoms with Crippen molar-refractivity contribution < 1.29 is 0 Å². The van der Waals surface area contributed by atoms with Crippen molar-refractivity contribution in [3.63, 3.8) is 0 Å². The Hall–Kier alpha value is -1.62. The quantitative estimate of drug-likeness (QED) is 0.863. The highest BCUT2D eigenvalue weighted by atomic mass is 35.5. The summed E-state index contributed by atoms with van der Waals surface area (Å²) in [6.07, 6.45) is 2.31. The molecule has 3 rings (SSSR count). The molecular weight excluding hydrogens is 274 g/mol. The SMILES string of the molecule is CC1CCC(n2nnnc2-c2ccc(N)cc2Cl)C1C. The summed E-state index contributed by atoms with van der Waals surface area (Å²) in [7, 11) is 0. The number of nitrogens with two attached hydrogens (primary N) is 1. The van der Waals surface area contributed by atoms with Crippen LogP contribution in [0.1, 0.15) is 32.7 Å². The van der Waals surface area contributed by atoms with E-state index in [1.165, 1.54) is 6.42 Å². The maximum atomic E-state index is 6.28. The number of aromatic nitrogens is 4. The lowest BCUT2D eigenvalue weighted by molar-refractivity contribution is 0.328. The molecule has 1 fully saturated rings. The van der Waals surface area contributed by atoms with Gasteiger partial charge in [-0.1, -0.05) is 25.4 Å². The molecule has 0 spiro atoms. The number of halogens is 1. The molecule has 20 heavy (non-hydrogen) atoms. The van der Waals surface area contributed by atoms with E-state index in [1.807, 2.05) is 16.8 Å². The van der Waals surface area contributed by atoms with Gasteiger partial charge in [-0.05, 0) is 53.3 Å². The normalized spacial score (nSPS) is 26.1. The van der Waals surface area contributed by atoms with Crippen molar-refractivity contribution in [2.75, 3.05) is 5.73 Å². The molecule has 1 aliphatic carbocycles. The van der Waals surface area contributed by atoms with Gasteiger partial charge in [0.1, 0.15) is 0 Å². The number of hydrogen-bond acceptors (Lipinski definition) is 4. The van der Waals surface area contributed by atoms with Gasteiger partial charge in [0, 0.05) is 11.3 Å². The van der Waals surface area contributed by atoms with E-state index in [1.54, 1.807) is 6.07 Å². The van der Waals surface area contributed by atoms with Gasteiger partial charge in [-0.25, -0.2) is 4.68 Å². The average Bonchev–Trinajstić information content (AvgIpc) is 2.98. The molecule has 3 unspecified atom stereocenters. The molecule has 3 atom stereocenters. The first kappa shape index (κ1) is 13.4. The third kappa shape index (κ3) is 2.16. The molecule has 6 heteroatoms. The minimum Gasteiger partial charge on any atom is -0.399 e. The highest BCUT2D eigenvalue weighted by molar-refractivity contribution is 6.33. The van der Waals surface area contributed by atoms with Gasteiger partial charge in [-0.3, -0.25) is 0 Å². The van der Waals surface area contributed by atoms with E-state index in [-0.39, 0.29) is 0 Å². The molecule has 0 radical (unpaired) electrons. The van der Waals surface area contributed by atoms with E-state index in [9.17, 15) is 0 Å². The largest absolute Gasteiger partial charge is 0.399 e. The van der Waals surface area contributed by atoms with Crippen LogP contribution >= 0.6 is 11.6 Å². The minimum atomic E-state index is 0.337. The van der Waals surface area contributed by atoms with Gasteiger partial charge in [0.25, 0.3) is 0 Å². The highest BCUT2D eigenvalue weighted by Crippen LogP contribution is 2.41. The van der Waals surface area contributed by atoms with Gasteiger partial charge in [0.05, 0.1) is 11.1 Å². The predicted octanol–water partition coefficient (Wildman–Crippen LogP) is 3.18. The fourth-order valence-corrected chi connectivity index (χ4v) is 3.26. The standard InChI is InChI=1S/C14H18ClN5/c1-8-3-6-13(9(8)2)20-14(17-18-19-20)11-5-4-10(16)7-12(11)15/h4-5,7-9,13H,3,6,16H2,1-2H3. The van der Waals surface area contributed by atoms with Crippen LogP contribution in [0.3, 0.4) is 0 Å². The molecule has 0 saturated heterocycles. The van der Waals surface area contributed by atoms with Crippen molar-refractivity contribution in [1.82, 2.24) is 20.2 Å². The molecule has 0 amide bonds. The van der Waals surface area contributed by atoms with Gasteiger partial charge in [0.2, 0.25) is 0 Å². The highest BCUT2D eigenvalue weighted by Gasteiger charge is 2.33. The number of benzene rings is 1. The molecule has 1 aliphatic rings. The van der Waals surface area contributed by atoms with Crippen LogP contribution in [0.5, 0.6) is 0 Å². The first-order valence-corrected chi connectivity index (χ1v) is 7.29. The summed E-state index contributed by atoms with van der Waals surface area (Å²) in [5.74, 6) is 1.98. The zero-order chi connectivity index (χ0) is 14.3. The maximum Gasteiger partial charge on any atom is 0.183 e. The smallest absolute Gasteiger partial charge is 0.183 e. The molecule has 106 valence electrons. The minimum absolute atomic E-state index is 0.337.